The molecule has 0 spiro atoms. The monoisotopic (exact) mass is 388 g/mol. The van der Waals surface area contributed by atoms with Crippen LogP contribution >= 0.6 is 15.9 Å². The molecule has 0 heterocycles. The van der Waals surface area contributed by atoms with Gasteiger partial charge in [-0.15, -0.1) is 0 Å². The van der Waals surface area contributed by atoms with E-state index in [-0.39, 0.29) is 24.8 Å². The van der Waals surface area contributed by atoms with Crippen LogP contribution in [0.3, 0.4) is 0 Å². The second-order valence-corrected chi connectivity index (χ2v) is 6.79. The number of hydrogen-bond acceptors (Lipinski definition) is 2. The van der Waals surface area contributed by atoms with Crippen molar-refractivity contribution in [1.82, 2.24) is 5.32 Å². The standard InChI is InChI=1S/C19H21BrN2O2/c1-13(2)16-5-3-4-6-17(16)22-19(24)12-21-18(23)11-14-7-9-15(20)10-8-14/h3-10,13H,11-12H2,1-2H3,(H,21,23)(H,22,24). The van der Waals surface area contributed by atoms with Crippen molar-refractivity contribution in [2.24, 2.45) is 0 Å². The van der Waals surface area contributed by atoms with Gasteiger partial charge in [0.05, 0.1) is 13.0 Å². The first-order valence-corrected chi connectivity index (χ1v) is 8.65. The van der Waals surface area contributed by atoms with Crippen LogP contribution in [0, 0.1) is 0 Å². The van der Waals surface area contributed by atoms with Gasteiger partial charge in [-0.05, 0) is 35.2 Å². The molecular weight excluding hydrogens is 368 g/mol. The van der Waals surface area contributed by atoms with Gasteiger partial charge in [0, 0.05) is 10.2 Å². The van der Waals surface area contributed by atoms with Crippen LogP contribution in [0.5, 0.6) is 0 Å². The molecule has 0 atom stereocenters. The number of halogens is 1. The van der Waals surface area contributed by atoms with E-state index < -0.39 is 0 Å². The number of para-hydroxylation sites is 1. The Morgan fingerprint density at radius 3 is 2.33 bits per heavy atom. The summed E-state index contributed by atoms with van der Waals surface area (Å²) in [6.07, 6.45) is 0.253. The molecule has 2 aromatic carbocycles. The van der Waals surface area contributed by atoms with Gasteiger partial charge in [-0.25, -0.2) is 0 Å². The summed E-state index contributed by atoms with van der Waals surface area (Å²) in [4.78, 5) is 24.0. The Kier molecular flexibility index (Phi) is 6.55. The molecule has 126 valence electrons. The summed E-state index contributed by atoms with van der Waals surface area (Å²) in [6, 6.07) is 15.2. The number of rotatable bonds is 6. The molecule has 5 heteroatoms. The average molecular weight is 389 g/mol. The van der Waals surface area contributed by atoms with Gasteiger partial charge < -0.3 is 10.6 Å². The van der Waals surface area contributed by atoms with Gasteiger partial charge in [0.2, 0.25) is 11.8 Å². The molecule has 4 nitrogen and oxygen atoms in total. The van der Waals surface area contributed by atoms with Crippen LogP contribution in [0.2, 0.25) is 0 Å². The molecule has 0 bridgehead atoms. The second kappa shape index (κ2) is 8.64. The van der Waals surface area contributed by atoms with Crippen LogP contribution < -0.4 is 10.6 Å². The van der Waals surface area contributed by atoms with E-state index in [4.69, 9.17) is 0 Å². The lowest BCUT2D eigenvalue weighted by atomic mass is 10.0. The predicted molar refractivity (Wildman–Crippen MR) is 100 cm³/mol. The molecule has 24 heavy (non-hydrogen) atoms. The van der Waals surface area contributed by atoms with E-state index in [0.717, 1.165) is 21.3 Å². The smallest absolute Gasteiger partial charge is 0.243 e. The zero-order valence-electron chi connectivity index (χ0n) is 13.8. The van der Waals surface area contributed by atoms with Gasteiger partial charge in [-0.1, -0.05) is 60.1 Å². The summed E-state index contributed by atoms with van der Waals surface area (Å²) in [5.41, 5.74) is 2.77. The molecule has 0 aliphatic carbocycles. The van der Waals surface area contributed by atoms with E-state index >= 15 is 0 Å². The Balaban J connectivity index is 1.85. The Morgan fingerprint density at radius 1 is 1.00 bits per heavy atom. The number of carbonyl (C=O) groups is 2. The third kappa shape index (κ3) is 5.49. The third-order valence-corrected chi connectivity index (χ3v) is 4.11. The summed E-state index contributed by atoms with van der Waals surface area (Å²) in [5.74, 6) is -0.0923. The number of amides is 2. The van der Waals surface area contributed by atoms with E-state index in [0.29, 0.717) is 5.92 Å². The highest BCUT2D eigenvalue weighted by Gasteiger charge is 2.10. The molecule has 2 N–H and O–H groups in total. The minimum Gasteiger partial charge on any atom is -0.347 e. The van der Waals surface area contributed by atoms with E-state index in [1.807, 2.05) is 48.5 Å². The first-order chi connectivity index (χ1) is 11.5. The predicted octanol–water partition coefficient (Wildman–Crippen LogP) is 3.87. The maximum absolute atomic E-state index is 12.1. The van der Waals surface area contributed by atoms with Gasteiger partial charge in [0.1, 0.15) is 0 Å². The van der Waals surface area contributed by atoms with Crippen molar-refractivity contribution < 1.29 is 9.59 Å². The Labute approximate surface area is 150 Å². The summed E-state index contributed by atoms with van der Waals surface area (Å²) in [6.45, 7) is 4.11. The SMILES string of the molecule is CC(C)c1ccccc1NC(=O)CNC(=O)Cc1ccc(Br)cc1. The highest BCUT2D eigenvalue weighted by atomic mass is 79.9. The quantitative estimate of drug-likeness (QED) is 0.788. The van der Waals surface area contributed by atoms with E-state index in [1.165, 1.54) is 0 Å². The number of nitrogens with one attached hydrogen (secondary N) is 2. The van der Waals surface area contributed by atoms with Crippen molar-refractivity contribution in [2.75, 3.05) is 11.9 Å². The first kappa shape index (κ1) is 18.2. The Morgan fingerprint density at radius 2 is 1.67 bits per heavy atom. The number of carbonyl (C=O) groups excluding carboxylic acids is 2. The molecule has 0 unspecified atom stereocenters. The summed E-state index contributed by atoms with van der Waals surface area (Å²) in [5, 5.41) is 5.51. The van der Waals surface area contributed by atoms with Crippen LogP contribution in [0.1, 0.15) is 30.9 Å². The van der Waals surface area contributed by atoms with Gasteiger partial charge in [-0.2, -0.15) is 0 Å². The maximum atomic E-state index is 12.1. The highest BCUT2D eigenvalue weighted by Crippen LogP contribution is 2.23. The van der Waals surface area contributed by atoms with Crippen LogP contribution in [0.15, 0.2) is 53.0 Å². The minimum absolute atomic E-state index is 0.0399. The zero-order chi connectivity index (χ0) is 17.5. The molecule has 0 radical (unpaired) electrons. The van der Waals surface area contributed by atoms with Crippen molar-refractivity contribution in [3.8, 4) is 0 Å². The molecular formula is C19H21BrN2O2. The Hall–Kier alpha value is -2.14. The molecule has 0 saturated carbocycles. The lowest BCUT2D eigenvalue weighted by molar-refractivity contribution is -0.123. The fourth-order valence-electron chi connectivity index (χ4n) is 2.34. The summed E-state index contributed by atoms with van der Waals surface area (Å²) >= 11 is 3.36. The number of benzene rings is 2. The Bertz CT molecular complexity index is 712. The van der Waals surface area contributed by atoms with Crippen molar-refractivity contribution >= 4 is 33.4 Å². The molecule has 0 aliphatic rings. The van der Waals surface area contributed by atoms with Gasteiger partial charge in [0.25, 0.3) is 0 Å². The molecule has 2 amide bonds. The van der Waals surface area contributed by atoms with Crippen molar-refractivity contribution in [1.29, 1.82) is 0 Å². The van der Waals surface area contributed by atoms with Gasteiger partial charge in [-0.3, -0.25) is 9.59 Å². The van der Waals surface area contributed by atoms with E-state index in [1.54, 1.807) is 0 Å². The maximum Gasteiger partial charge on any atom is 0.243 e. The van der Waals surface area contributed by atoms with Gasteiger partial charge in [0.15, 0.2) is 0 Å². The summed E-state index contributed by atoms with van der Waals surface area (Å²) < 4.78 is 0.967. The van der Waals surface area contributed by atoms with Crippen LogP contribution in [0.25, 0.3) is 0 Å². The minimum atomic E-state index is -0.229. The lowest BCUT2D eigenvalue weighted by Gasteiger charge is -2.14. The van der Waals surface area contributed by atoms with Gasteiger partial charge >= 0.3 is 0 Å². The molecule has 0 aliphatic heterocycles. The molecule has 0 saturated heterocycles. The second-order valence-electron chi connectivity index (χ2n) is 5.87. The topological polar surface area (TPSA) is 58.2 Å². The third-order valence-electron chi connectivity index (χ3n) is 3.58. The highest BCUT2D eigenvalue weighted by molar-refractivity contribution is 9.10. The molecule has 0 fully saturated rings. The molecule has 2 aromatic rings. The largest absolute Gasteiger partial charge is 0.347 e. The van der Waals surface area contributed by atoms with Crippen molar-refractivity contribution in [3.05, 3.63) is 64.1 Å². The van der Waals surface area contributed by atoms with E-state index in [2.05, 4.69) is 40.4 Å². The van der Waals surface area contributed by atoms with Crippen molar-refractivity contribution in [3.63, 3.8) is 0 Å². The van der Waals surface area contributed by atoms with Crippen LogP contribution in [0.4, 0.5) is 5.69 Å². The fraction of sp³-hybridized carbons (Fsp3) is 0.263. The van der Waals surface area contributed by atoms with E-state index in [9.17, 15) is 9.59 Å². The average Bonchev–Trinajstić information content (AvgIpc) is 2.55. The van der Waals surface area contributed by atoms with Crippen molar-refractivity contribution in [2.45, 2.75) is 26.2 Å². The summed E-state index contributed by atoms with van der Waals surface area (Å²) in [7, 11) is 0. The number of anilines is 1. The molecule has 0 aromatic heterocycles. The lowest BCUT2D eigenvalue weighted by Crippen LogP contribution is -2.34. The fourth-order valence-corrected chi connectivity index (χ4v) is 2.60. The number of hydrogen-bond donors (Lipinski definition) is 2. The normalized spacial score (nSPS) is 10.5. The molecule has 2 rings (SSSR count). The van der Waals surface area contributed by atoms with Crippen LogP contribution in [-0.2, 0) is 16.0 Å². The van der Waals surface area contributed by atoms with Crippen LogP contribution in [-0.4, -0.2) is 18.4 Å². The zero-order valence-corrected chi connectivity index (χ0v) is 15.4. The first-order valence-electron chi connectivity index (χ1n) is 7.85.